The van der Waals surface area contributed by atoms with Crippen LogP contribution in [0.4, 0.5) is 10.3 Å². The van der Waals surface area contributed by atoms with Crippen molar-refractivity contribution in [3.05, 3.63) is 48.0 Å². The highest BCUT2D eigenvalue weighted by atomic mass is 19.1. The monoisotopic (exact) mass is 311 g/mol. The molecule has 0 unspecified atom stereocenters. The topological polar surface area (TPSA) is 85.0 Å². The zero-order chi connectivity index (χ0) is 16.6. The van der Waals surface area contributed by atoms with E-state index in [0.29, 0.717) is 27.7 Å². The number of halogens is 1. The Kier molecular flexibility index (Phi) is 3.61. The summed E-state index contributed by atoms with van der Waals surface area (Å²) in [5.41, 5.74) is 7.39. The molecule has 116 valence electrons. The maximum Gasteiger partial charge on any atom is 0.254 e. The molecule has 0 fully saturated rings. The van der Waals surface area contributed by atoms with Gasteiger partial charge in [0.15, 0.2) is 0 Å². The number of rotatable bonds is 2. The molecule has 0 aliphatic rings. The molecular weight excluding hydrogens is 297 g/mol. The number of nitrogens with zero attached hydrogens (tertiary/aromatic N) is 4. The summed E-state index contributed by atoms with van der Waals surface area (Å²) in [6.45, 7) is 0. The highest BCUT2D eigenvalue weighted by molar-refractivity contribution is 6.07. The Balaban J connectivity index is 2.27. The number of anilines is 1. The molecule has 3 aromatic rings. The molecule has 0 aliphatic carbocycles. The molecule has 1 aromatic carbocycles. The van der Waals surface area contributed by atoms with Crippen molar-refractivity contribution in [2.45, 2.75) is 0 Å². The number of nitrogens with two attached hydrogens (primary N) is 1. The molecule has 0 atom stereocenters. The molecule has 0 saturated carbocycles. The Morgan fingerprint density at radius 1 is 1.17 bits per heavy atom. The van der Waals surface area contributed by atoms with Crippen LogP contribution in [0.25, 0.3) is 22.2 Å². The van der Waals surface area contributed by atoms with Gasteiger partial charge < -0.3 is 10.6 Å². The maximum absolute atomic E-state index is 13.5. The van der Waals surface area contributed by atoms with E-state index < -0.39 is 5.82 Å². The van der Waals surface area contributed by atoms with Crippen LogP contribution in [-0.2, 0) is 0 Å². The second-order valence-electron chi connectivity index (χ2n) is 5.25. The van der Waals surface area contributed by atoms with E-state index in [1.54, 1.807) is 26.2 Å². The predicted octanol–water partition coefficient (Wildman–Crippen LogP) is 2.11. The number of carbonyl (C=O) groups excluding carboxylic acids is 1. The van der Waals surface area contributed by atoms with Gasteiger partial charge in [-0.05, 0) is 18.2 Å². The Hall–Kier alpha value is -3.09. The SMILES string of the molecule is CN(C)C(=O)c1cc(-c2cnc(N)nc2)nc2cc(F)ccc12. The summed E-state index contributed by atoms with van der Waals surface area (Å²) in [5.74, 6) is -0.467. The molecule has 3 rings (SSSR count). The molecule has 0 radical (unpaired) electrons. The zero-order valence-corrected chi connectivity index (χ0v) is 12.6. The first-order chi connectivity index (χ1) is 11.0. The molecule has 7 heteroatoms. The van der Waals surface area contributed by atoms with E-state index in [1.807, 2.05) is 0 Å². The first kappa shape index (κ1) is 14.8. The lowest BCUT2D eigenvalue weighted by Crippen LogP contribution is -2.22. The fourth-order valence-electron chi connectivity index (χ4n) is 2.24. The summed E-state index contributed by atoms with van der Waals surface area (Å²) in [6, 6.07) is 5.81. The van der Waals surface area contributed by atoms with Crippen molar-refractivity contribution in [1.29, 1.82) is 0 Å². The smallest absolute Gasteiger partial charge is 0.254 e. The van der Waals surface area contributed by atoms with Crippen LogP contribution in [0.15, 0.2) is 36.7 Å². The van der Waals surface area contributed by atoms with Crippen LogP contribution in [0, 0.1) is 5.82 Å². The van der Waals surface area contributed by atoms with Crippen molar-refractivity contribution in [1.82, 2.24) is 19.9 Å². The van der Waals surface area contributed by atoms with Crippen LogP contribution in [-0.4, -0.2) is 39.9 Å². The van der Waals surface area contributed by atoms with Gasteiger partial charge in [0.1, 0.15) is 5.82 Å². The molecule has 2 N–H and O–H groups in total. The molecule has 23 heavy (non-hydrogen) atoms. The van der Waals surface area contributed by atoms with E-state index in [0.717, 1.165) is 0 Å². The maximum atomic E-state index is 13.5. The number of carbonyl (C=O) groups is 1. The number of hydrogen-bond donors (Lipinski definition) is 1. The van der Waals surface area contributed by atoms with Crippen molar-refractivity contribution in [2.75, 3.05) is 19.8 Å². The van der Waals surface area contributed by atoms with Crippen molar-refractivity contribution >= 4 is 22.8 Å². The van der Waals surface area contributed by atoms with E-state index >= 15 is 0 Å². The molecule has 0 spiro atoms. The summed E-state index contributed by atoms with van der Waals surface area (Å²) >= 11 is 0. The Morgan fingerprint density at radius 3 is 2.52 bits per heavy atom. The Morgan fingerprint density at radius 2 is 1.87 bits per heavy atom. The molecule has 6 nitrogen and oxygen atoms in total. The second kappa shape index (κ2) is 5.60. The lowest BCUT2D eigenvalue weighted by atomic mass is 10.0. The Bertz CT molecular complexity index is 893. The summed E-state index contributed by atoms with van der Waals surface area (Å²) in [5, 5.41) is 0.588. The van der Waals surface area contributed by atoms with Gasteiger partial charge in [-0.2, -0.15) is 0 Å². The van der Waals surface area contributed by atoms with Crippen LogP contribution in [0.2, 0.25) is 0 Å². The van der Waals surface area contributed by atoms with Gasteiger partial charge in [0.05, 0.1) is 16.8 Å². The quantitative estimate of drug-likeness (QED) is 0.783. The zero-order valence-electron chi connectivity index (χ0n) is 12.6. The van der Waals surface area contributed by atoms with Gasteiger partial charge in [0, 0.05) is 43.5 Å². The minimum atomic E-state index is -0.418. The van der Waals surface area contributed by atoms with Crippen LogP contribution >= 0.6 is 0 Å². The second-order valence-corrected chi connectivity index (χ2v) is 5.25. The molecule has 0 aliphatic heterocycles. The van der Waals surface area contributed by atoms with Crippen LogP contribution in [0.5, 0.6) is 0 Å². The summed E-state index contributed by atoms with van der Waals surface area (Å²) in [4.78, 5) is 26.1. The van der Waals surface area contributed by atoms with Gasteiger partial charge in [-0.3, -0.25) is 4.79 Å². The average Bonchev–Trinajstić information content (AvgIpc) is 2.53. The number of amides is 1. The predicted molar refractivity (Wildman–Crippen MR) is 85.2 cm³/mol. The van der Waals surface area contributed by atoms with Gasteiger partial charge in [0.25, 0.3) is 5.91 Å². The fraction of sp³-hybridized carbons (Fsp3) is 0.125. The number of benzene rings is 1. The van der Waals surface area contributed by atoms with Gasteiger partial charge in [-0.25, -0.2) is 19.3 Å². The third-order valence-electron chi connectivity index (χ3n) is 3.38. The third kappa shape index (κ3) is 2.80. The molecular formula is C16H14FN5O. The van der Waals surface area contributed by atoms with Crippen molar-refractivity contribution in [3.8, 4) is 11.3 Å². The summed E-state index contributed by atoms with van der Waals surface area (Å²) < 4.78 is 13.5. The van der Waals surface area contributed by atoms with Crippen LogP contribution < -0.4 is 5.73 Å². The number of nitrogen functional groups attached to an aromatic ring is 1. The van der Waals surface area contributed by atoms with E-state index in [-0.39, 0.29) is 11.9 Å². The number of aromatic nitrogens is 3. The van der Waals surface area contributed by atoms with E-state index in [1.165, 1.54) is 29.4 Å². The highest BCUT2D eigenvalue weighted by Crippen LogP contribution is 2.25. The summed E-state index contributed by atoms with van der Waals surface area (Å²) in [6.07, 6.45) is 3.03. The van der Waals surface area contributed by atoms with Gasteiger partial charge in [-0.1, -0.05) is 0 Å². The van der Waals surface area contributed by atoms with Crippen LogP contribution in [0.3, 0.4) is 0 Å². The standard InChI is InChI=1S/C16H14FN5O/c1-22(2)15(23)12-6-13(9-7-19-16(18)20-8-9)21-14-5-10(17)3-4-11(12)14/h3-8H,1-2H3,(H2,18,19,20). The van der Waals surface area contributed by atoms with Gasteiger partial charge in [0.2, 0.25) is 5.95 Å². The highest BCUT2D eigenvalue weighted by Gasteiger charge is 2.16. The molecule has 1 amide bonds. The first-order valence-corrected chi connectivity index (χ1v) is 6.85. The number of hydrogen-bond acceptors (Lipinski definition) is 5. The fourth-order valence-corrected chi connectivity index (χ4v) is 2.24. The van der Waals surface area contributed by atoms with E-state index in [9.17, 15) is 9.18 Å². The molecule has 2 aromatic heterocycles. The number of fused-ring (bicyclic) bond motifs is 1. The Labute approximate surface area is 131 Å². The lowest BCUT2D eigenvalue weighted by Gasteiger charge is -2.14. The largest absolute Gasteiger partial charge is 0.368 e. The van der Waals surface area contributed by atoms with Gasteiger partial charge in [-0.15, -0.1) is 0 Å². The van der Waals surface area contributed by atoms with E-state index in [4.69, 9.17) is 5.73 Å². The van der Waals surface area contributed by atoms with Crippen molar-refractivity contribution < 1.29 is 9.18 Å². The van der Waals surface area contributed by atoms with Gasteiger partial charge >= 0.3 is 0 Å². The minimum Gasteiger partial charge on any atom is -0.368 e. The van der Waals surface area contributed by atoms with Crippen molar-refractivity contribution in [3.63, 3.8) is 0 Å². The first-order valence-electron chi connectivity index (χ1n) is 6.85. The van der Waals surface area contributed by atoms with Crippen molar-refractivity contribution in [2.24, 2.45) is 0 Å². The van der Waals surface area contributed by atoms with E-state index in [2.05, 4.69) is 15.0 Å². The average molecular weight is 311 g/mol. The normalized spacial score (nSPS) is 10.7. The molecule has 0 saturated heterocycles. The summed E-state index contributed by atoms with van der Waals surface area (Å²) in [7, 11) is 3.31. The lowest BCUT2D eigenvalue weighted by molar-refractivity contribution is 0.0829. The molecule has 2 heterocycles. The number of pyridine rings is 1. The minimum absolute atomic E-state index is 0.144. The van der Waals surface area contributed by atoms with Crippen LogP contribution in [0.1, 0.15) is 10.4 Å². The third-order valence-corrected chi connectivity index (χ3v) is 3.38. The molecule has 0 bridgehead atoms.